The summed E-state index contributed by atoms with van der Waals surface area (Å²) in [5.74, 6) is -0.137. The molecular formula is C15H21BrFN. The van der Waals surface area contributed by atoms with Crippen LogP contribution in [0.5, 0.6) is 0 Å². The molecule has 2 atom stereocenters. The molecule has 0 spiro atoms. The summed E-state index contributed by atoms with van der Waals surface area (Å²) >= 11 is 3.29. The van der Waals surface area contributed by atoms with E-state index in [0.717, 1.165) is 10.0 Å². The molecule has 100 valence electrons. The summed E-state index contributed by atoms with van der Waals surface area (Å²) < 4.78 is 14.6. The maximum absolute atomic E-state index is 13.9. The summed E-state index contributed by atoms with van der Waals surface area (Å²) in [7, 11) is 0. The first-order valence-electron chi connectivity index (χ1n) is 6.58. The highest BCUT2D eigenvalue weighted by Gasteiger charge is 2.31. The lowest BCUT2D eigenvalue weighted by Crippen LogP contribution is -2.30. The van der Waals surface area contributed by atoms with Gasteiger partial charge in [-0.15, -0.1) is 0 Å². The minimum absolute atomic E-state index is 0.0667. The second kappa shape index (κ2) is 5.30. The quantitative estimate of drug-likeness (QED) is 0.843. The summed E-state index contributed by atoms with van der Waals surface area (Å²) in [6, 6.07) is 5.87. The molecule has 0 radical (unpaired) electrons. The van der Waals surface area contributed by atoms with Gasteiger partial charge in [-0.25, -0.2) is 4.39 Å². The van der Waals surface area contributed by atoms with Crippen LogP contribution in [0.2, 0.25) is 0 Å². The Morgan fingerprint density at radius 3 is 2.72 bits per heavy atom. The Kier molecular flexibility index (Phi) is 4.12. The van der Waals surface area contributed by atoms with Crippen LogP contribution >= 0.6 is 15.9 Å². The third-order valence-electron chi connectivity index (χ3n) is 3.88. The summed E-state index contributed by atoms with van der Waals surface area (Å²) in [4.78, 5) is 0. The normalized spacial score (nSPS) is 24.2. The number of benzene rings is 1. The van der Waals surface area contributed by atoms with Gasteiger partial charge in [0.15, 0.2) is 0 Å². The van der Waals surface area contributed by atoms with Crippen molar-refractivity contribution in [2.75, 3.05) is 0 Å². The van der Waals surface area contributed by atoms with Crippen molar-refractivity contribution < 1.29 is 4.39 Å². The molecule has 2 unspecified atom stereocenters. The smallest absolute Gasteiger partial charge is 0.129 e. The zero-order valence-corrected chi connectivity index (χ0v) is 12.8. The van der Waals surface area contributed by atoms with E-state index in [1.807, 2.05) is 19.1 Å². The molecule has 1 aromatic carbocycles. The molecule has 0 amide bonds. The summed E-state index contributed by atoms with van der Waals surface area (Å²) in [5.41, 5.74) is 1.18. The fourth-order valence-corrected chi connectivity index (χ4v) is 3.21. The van der Waals surface area contributed by atoms with Crippen LogP contribution in [0.25, 0.3) is 0 Å². The van der Waals surface area contributed by atoms with E-state index in [0.29, 0.717) is 11.5 Å². The van der Waals surface area contributed by atoms with Crippen LogP contribution in [0, 0.1) is 11.2 Å². The fraction of sp³-hybridized carbons (Fsp3) is 0.600. The van der Waals surface area contributed by atoms with Gasteiger partial charge in [0.25, 0.3) is 0 Å². The highest BCUT2D eigenvalue weighted by molar-refractivity contribution is 9.10. The van der Waals surface area contributed by atoms with Crippen molar-refractivity contribution in [3.8, 4) is 0 Å². The Morgan fingerprint density at radius 1 is 1.44 bits per heavy atom. The number of hydrogen-bond acceptors (Lipinski definition) is 1. The molecule has 1 aromatic rings. The van der Waals surface area contributed by atoms with Crippen molar-refractivity contribution in [3.63, 3.8) is 0 Å². The average Bonchev–Trinajstić information content (AvgIpc) is 2.57. The van der Waals surface area contributed by atoms with Gasteiger partial charge in [0.05, 0.1) is 0 Å². The van der Waals surface area contributed by atoms with Crippen LogP contribution in [0.15, 0.2) is 22.7 Å². The Morgan fingerprint density at radius 2 is 2.17 bits per heavy atom. The van der Waals surface area contributed by atoms with Crippen LogP contribution in [0.1, 0.15) is 51.6 Å². The Bertz CT molecular complexity index is 431. The average molecular weight is 314 g/mol. The van der Waals surface area contributed by atoms with Crippen LogP contribution < -0.4 is 5.32 Å². The summed E-state index contributed by atoms with van der Waals surface area (Å²) in [5, 5.41) is 3.56. The first kappa shape index (κ1) is 14.0. The molecule has 0 heterocycles. The topological polar surface area (TPSA) is 12.0 Å². The summed E-state index contributed by atoms with van der Waals surface area (Å²) in [6.45, 7) is 6.65. The van der Waals surface area contributed by atoms with Gasteiger partial charge in [-0.2, -0.15) is 0 Å². The SMILES string of the molecule is CC(NC1CCC(C)(C)C1)c1ccc(Br)cc1F. The maximum Gasteiger partial charge on any atom is 0.129 e. The molecule has 0 saturated heterocycles. The third kappa shape index (κ3) is 3.33. The Labute approximate surface area is 117 Å². The molecule has 3 heteroatoms. The van der Waals surface area contributed by atoms with E-state index in [2.05, 4.69) is 35.1 Å². The number of rotatable bonds is 3. The van der Waals surface area contributed by atoms with Crippen LogP contribution in [-0.4, -0.2) is 6.04 Å². The predicted molar refractivity (Wildman–Crippen MR) is 77.1 cm³/mol. The molecule has 18 heavy (non-hydrogen) atoms. The molecule has 1 N–H and O–H groups in total. The zero-order chi connectivity index (χ0) is 13.3. The molecule has 0 aliphatic heterocycles. The van der Waals surface area contributed by atoms with Crippen molar-refractivity contribution in [2.45, 2.75) is 52.1 Å². The van der Waals surface area contributed by atoms with E-state index < -0.39 is 0 Å². The van der Waals surface area contributed by atoms with Crippen LogP contribution in [0.4, 0.5) is 4.39 Å². The molecule has 1 saturated carbocycles. The molecular weight excluding hydrogens is 293 g/mol. The van der Waals surface area contributed by atoms with E-state index in [-0.39, 0.29) is 11.9 Å². The number of nitrogens with one attached hydrogen (secondary N) is 1. The predicted octanol–water partition coefficient (Wildman–Crippen LogP) is 4.82. The van der Waals surface area contributed by atoms with Crippen molar-refractivity contribution in [2.24, 2.45) is 5.41 Å². The molecule has 0 aromatic heterocycles. The minimum Gasteiger partial charge on any atom is -0.307 e. The highest BCUT2D eigenvalue weighted by atomic mass is 79.9. The standard InChI is InChI=1S/C15H21BrFN/c1-10(13-5-4-11(16)8-14(13)17)18-12-6-7-15(2,3)9-12/h4-5,8,10,12,18H,6-7,9H2,1-3H3. The van der Waals surface area contributed by atoms with E-state index in [4.69, 9.17) is 0 Å². The van der Waals surface area contributed by atoms with Gasteiger partial charge >= 0.3 is 0 Å². The minimum atomic E-state index is -0.137. The largest absolute Gasteiger partial charge is 0.307 e. The van der Waals surface area contributed by atoms with Gasteiger partial charge in [-0.1, -0.05) is 35.8 Å². The number of hydrogen-bond donors (Lipinski definition) is 1. The first-order chi connectivity index (χ1) is 8.37. The van der Waals surface area contributed by atoms with Gasteiger partial charge in [0, 0.05) is 22.1 Å². The lowest BCUT2D eigenvalue weighted by molar-refractivity contribution is 0.355. The summed E-state index contributed by atoms with van der Waals surface area (Å²) in [6.07, 6.45) is 3.62. The molecule has 1 aliphatic carbocycles. The molecule has 1 fully saturated rings. The van der Waals surface area contributed by atoms with Crippen molar-refractivity contribution >= 4 is 15.9 Å². The maximum atomic E-state index is 13.9. The lowest BCUT2D eigenvalue weighted by Gasteiger charge is -2.22. The molecule has 1 aliphatic rings. The fourth-order valence-electron chi connectivity index (χ4n) is 2.87. The highest BCUT2D eigenvalue weighted by Crippen LogP contribution is 2.37. The molecule has 0 bridgehead atoms. The van der Waals surface area contributed by atoms with Gasteiger partial charge in [-0.05, 0) is 43.7 Å². The van der Waals surface area contributed by atoms with E-state index in [1.165, 1.54) is 25.3 Å². The van der Waals surface area contributed by atoms with Gasteiger partial charge < -0.3 is 5.32 Å². The first-order valence-corrected chi connectivity index (χ1v) is 7.38. The van der Waals surface area contributed by atoms with Gasteiger partial charge in [-0.3, -0.25) is 0 Å². The second-order valence-corrected chi connectivity index (χ2v) is 7.07. The van der Waals surface area contributed by atoms with Gasteiger partial charge in [0.2, 0.25) is 0 Å². The van der Waals surface area contributed by atoms with Gasteiger partial charge in [0.1, 0.15) is 5.82 Å². The lowest BCUT2D eigenvalue weighted by atomic mass is 9.91. The van der Waals surface area contributed by atoms with Crippen molar-refractivity contribution in [1.29, 1.82) is 0 Å². The van der Waals surface area contributed by atoms with Crippen molar-refractivity contribution in [1.82, 2.24) is 5.32 Å². The molecule has 1 nitrogen and oxygen atoms in total. The van der Waals surface area contributed by atoms with E-state index in [9.17, 15) is 4.39 Å². The van der Waals surface area contributed by atoms with Crippen molar-refractivity contribution in [3.05, 3.63) is 34.1 Å². The van der Waals surface area contributed by atoms with Crippen LogP contribution in [-0.2, 0) is 0 Å². The third-order valence-corrected chi connectivity index (χ3v) is 4.38. The zero-order valence-electron chi connectivity index (χ0n) is 11.3. The number of halogens is 2. The Balaban J connectivity index is 2.02. The van der Waals surface area contributed by atoms with Crippen LogP contribution in [0.3, 0.4) is 0 Å². The monoisotopic (exact) mass is 313 g/mol. The molecule has 2 rings (SSSR count). The second-order valence-electron chi connectivity index (χ2n) is 6.16. The Hall–Kier alpha value is -0.410. The van der Waals surface area contributed by atoms with E-state index in [1.54, 1.807) is 0 Å². The van der Waals surface area contributed by atoms with E-state index >= 15 is 0 Å².